The van der Waals surface area contributed by atoms with Crippen molar-refractivity contribution in [2.75, 3.05) is 30.4 Å². The van der Waals surface area contributed by atoms with E-state index < -0.39 is 11.7 Å². The zero-order valence-electron chi connectivity index (χ0n) is 19.0. The highest BCUT2D eigenvalue weighted by molar-refractivity contribution is 5.95. The average molecular weight is 469 g/mol. The van der Waals surface area contributed by atoms with Gasteiger partial charge in [-0.1, -0.05) is 12.1 Å². The minimum absolute atomic E-state index is 0.00732. The van der Waals surface area contributed by atoms with Gasteiger partial charge in [-0.15, -0.1) is 0 Å². The molecule has 1 saturated heterocycles. The summed E-state index contributed by atoms with van der Waals surface area (Å²) < 4.78 is 38.8. The average Bonchev–Trinajstić information content (AvgIpc) is 2.87. The summed E-state index contributed by atoms with van der Waals surface area (Å²) in [4.78, 5) is 19.6. The van der Waals surface area contributed by atoms with Gasteiger partial charge in [-0.05, 0) is 67.3 Å². The molecule has 2 aromatic carbocycles. The number of nitrogens with zero attached hydrogens (tertiary/aromatic N) is 2. The van der Waals surface area contributed by atoms with Crippen molar-refractivity contribution in [2.45, 2.75) is 32.0 Å². The topological polar surface area (TPSA) is 57.3 Å². The van der Waals surface area contributed by atoms with Crippen LogP contribution in [0.4, 0.5) is 24.5 Å². The Morgan fingerprint density at radius 2 is 1.82 bits per heavy atom. The summed E-state index contributed by atoms with van der Waals surface area (Å²) in [5.74, 6) is -0.376. The fraction of sp³-hybridized carbons (Fsp3) is 0.308. The van der Waals surface area contributed by atoms with E-state index in [0.29, 0.717) is 16.8 Å². The van der Waals surface area contributed by atoms with Crippen molar-refractivity contribution < 1.29 is 18.0 Å². The molecule has 5 nitrogen and oxygen atoms in total. The van der Waals surface area contributed by atoms with E-state index in [4.69, 9.17) is 0 Å². The first kappa shape index (κ1) is 23.6. The Kier molecular flexibility index (Phi) is 7.05. The molecule has 0 aliphatic carbocycles. The molecule has 0 unspecified atom stereocenters. The molecule has 3 aromatic rings. The number of alkyl halides is 3. The molecule has 34 heavy (non-hydrogen) atoms. The fourth-order valence-electron chi connectivity index (χ4n) is 4.17. The van der Waals surface area contributed by atoms with Crippen molar-refractivity contribution in [3.63, 3.8) is 0 Å². The first-order chi connectivity index (χ1) is 16.3. The second-order valence-electron chi connectivity index (χ2n) is 8.34. The lowest BCUT2D eigenvalue weighted by atomic mass is 10.0. The molecule has 8 heteroatoms. The van der Waals surface area contributed by atoms with Gasteiger partial charge in [0.15, 0.2) is 0 Å². The third-order valence-corrected chi connectivity index (χ3v) is 6.00. The van der Waals surface area contributed by atoms with Gasteiger partial charge in [-0.2, -0.15) is 13.2 Å². The van der Waals surface area contributed by atoms with Crippen molar-refractivity contribution >= 4 is 17.3 Å². The standard InChI is InChI=1S/C26H27F3N4O/c1-30-23-9-8-21(33-12-3-2-4-13-33)16-22(23)24-15-19(10-11-31-24)25(34)32-17-18-6-5-7-20(14-18)26(27,28)29/h5-11,14-16,30H,2-4,12-13,17H2,1H3,(H,32,34). The second kappa shape index (κ2) is 10.2. The Balaban J connectivity index is 1.53. The van der Waals surface area contributed by atoms with Crippen LogP contribution in [0.5, 0.6) is 0 Å². The lowest BCUT2D eigenvalue weighted by molar-refractivity contribution is -0.137. The number of anilines is 2. The molecular formula is C26H27F3N4O. The summed E-state index contributed by atoms with van der Waals surface area (Å²) >= 11 is 0. The SMILES string of the molecule is CNc1ccc(N2CCCCC2)cc1-c1cc(C(=O)NCc2cccc(C(F)(F)F)c2)ccn1. The molecule has 178 valence electrons. The number of rotatable bonds is 6. The monoisotopic (exact) mass is 468 g/mol. The van der Waals surface area contributed by atoms with Gasteiger partial charge in [-0.3, -0.25) is 9.78 Å². The molecular weight excluding hydrogens is 441 g/mol. The molecule has 0 spiro atoms. The quantitative estimate of drug-likeness (QED) is 0.485. The molecule has 0 atom stereocenters. The van der Waals surface area contributed by atoms with E-state index in [9.17, 15) is 18.0 Å². The number of pyridine rings is 1. The van der Waals surface area contributed by atoms with Gasteiger partial charge in [0.2, 0.25) is 0 Å². The second-order valence-corrected chi connectivity index (χ2v) is 8.34. The Morgan fingerprint density at radius 3 is 2.56 bits per heavy atom. The van der Waals surface area contributed by atoms with E-state index in [1.54, 1.807) is 24.4 Å². The smallest absolute Gasteiger partial charge is 0.388 e. The number of hydrogen-bond donors (Lipinski definition) is 2. The van der Waals surface area contributed by atoms with Crippen molar-refractivity contribution in [1.82, 2.24) is 10.3 Å². The van der Waals surface area contributed by atoms with Crippen molar-refractivity contribution in [3.05, 3.63) is 77.5 Å². The number of benzene rings is 2. The number of nitrogens with one attached hydrogen (secondary N) is 2. The molecule has 0 bridgehead atoms. The summed E-state index contributed by atoms with van der Waals surface area (Å²) in [5.41, 5.74) is 3.59. The summed E-state index contributed by atoms with van der Waals surface area (Å²) in [6, 6.07) is 14.4. The van der Waals surface area contributed by atoms with Crippen LogP contribution >= 0.6 is 0 Å². The lowest BCUT2D eigenvalue weighted by Crippen LogP contribution is -2.29. The van der Waals surface area contributed by atoms with Gasteiger partial charge in [0.25, 0.3) is 5.91 Å². The van der Waals surface area contributed by atoms with Gasteiger partial charge >= 0.3 is 6.18 Å². The van der Waals surface area contributed by atoms with Crippen molar-refractivity contribution in [2.24, 2.45) is 0 Å². The van der Waals surface area contributed by atoms with Gasteiger partial charge in [0.1, 0.15) is 0 Å². The highest BCUT2D eigenvalue weighted by atomic mass is 19.4. The number of aromatic nitrogens is 1. The number of amides is 1. The van der Waals surface area contributed by atoms with Crippen molar-refractivity contribution in [1.29, 1.82) is 0 Å². The largest absolute Gasteiger partial charge is 0.416 e. The van der Waals surface area contributed by atoms with Crippen LogP contribution in [0.25, 0.3) is 11.3 Å². The minimum Gasteiger partial charge on any atom is -0.388 e. The molecule has 0 radical (unpaired) electrons. The highest BCUT2D eigenvalue weighted by Crippen LogP contribution is 2.33. The van der Waals surface area contributed by atoms with Crippen LogP contribution in [0.3, 0.4) is 0 Å². The number of carbonyl (C=O) groups excluding carboxylic acids is 1. The normalized spacial score (nSPS) is 14.1. The third-order valence-electron chi connectivity index (χ3n) is 6.00. The molecule has 0 saturated carbocycles. The van der Waals surface area contributed by atoms with Crippen LogP contribution in [0.15, 0.2) is 60.8 Å². The van der Waals surface area contributed by atoms with Crippen LogP contribution in [-0.4, -0.2) is 31.0 Å². The fourth-order valence-corrected chi connectivity index (χ4v) is 4.17. The summed E-state index contributed by atoms with van der Waals surface area (Å²) in [5, 5.41) is 5.89. The lowest BCUT2D eigenvalue weighted by Gasteiger charge is -2.29. The van der Waals surface area contributed by atoms with Crippen LogP contribution in [0.1, 0.15) is 40.7 Å². The Bertz CT molecular complexity index is 1160. The Hall–Kier alpha value is -3.55. The summed E-state index contributed by atoms with van der Waals surface area (Å²) in [7, 11) is 1.84. The first-order valence-electron chi connectivity index (χ1n) is 11.3. The van der Waals surface area contributed by atoms with Gasteiger partial charge in [-0.25, -0.2) is 0 Å². The van der Waals surface area contributed by atoms with E-state index in [2.05, 4.69) is 32.7 Å². The molecule has 2 N–H and O–H groups in total. The molecule has 1 fully saturated rings. The molecule has 1 aliphatic heterocycles. The molecule has 1 aromatic heterocycles. The van der Waals surface area contributed by atoms with Crippen LogP contribution < -0.4 is 15.5 Å². The van der Waals surface area contributed by atoms with E-state index in [1.165, 1.54) is 25.3 Å². The first-order valence-corrected chi connectivity index (χ1v) is 11.3. The zero-order chi connectivity index (χ0) is 24.1. The zero-order valence-corrected chi connectivity index (χ0v) is 19.0. The van der Waals surface area contributed by atoms with E-state index in [0.717, 1.165) is 42.2 Å². The number of halogens is 3. The molecule has 1 amide bonds. The van der Waals surface area contributed by atoms with Crippen LogP contribution in [-0.2, 0) is 12.7 Å². The molecule has 4 rings (SSSR count). The van der Waals surface area contributed by atoms with Gasteiger partial charge in [0, 0.05) is 55.4 Å². The summed E-state index contributed by atoms with van der Waals surface area (Å²) in [6.45, 7) is 2.03. The maximum atomic E-state index is 12.9. The van der Waals surface area contributed by atoms with Crippen LogP contribution in [0.2, 0.25) is 0 Å². The Labute approximate surface area is 197 Å². The number of piperidine rings is 1. The third kappa shape index (κ3) is 5.50. The van der Waals surface area contributed by atoms with Crippen molar-refractivity contribution in [3.8, 4) is 11.3 Å². The summed E-state index contributed by atoms with van der Waals surface area (Å²) in [6.07, 6.45) is 0.734. The number of hydrogen-bond acceptors (Lipinski definition) is 4. The van der Waals surface area contributed by atoms with E-state index >= 15 is 0 Å². The minimum atomic E-state index is -4.42. The van der Waals surface area contributed by atoms with E-state index in [-0.39, 0.29) is 12.5 Å². The maximum absolute atomic E-state index is 12.9. The maximum Gasteiger partial charge on any atom is 0.416 e. The predicted octanol–water partition coefficient (Wildman–Crippen LogP) is 5.73. The predicted molar refractivity (Wildman–Crippen MR) is 128 cm³/mol. The van der Waals surface area contributed by atoms with Gasteiger partial charge < -0.3 is 15.5 Å². The molecule has 2 heterocycles. The highest BCUT2D eigenvalue weighted by Gasteiger charge is 2.30. The van der Waals surface area contributed by atoms with Gasteiger partial charge in [0.05, 0.1) is 11.3 Å². The van der Waals surface area contributed by atoms with E-state index in [1.807, 2.05) is 13.1 Å². The number of carbonyl (C=O) groups is 1. The van der Waals surface area contributed by atoms with Crippen LogP contribution in [0, 0.1) is 0 Å². The molecule has 1 aliphatic rings. The Morgan fingerprint density at radius 1 is 1.03 bits per heavy atom.